The van der Waals surface area contributed by atoms with Gasteiger partial charge >= 0.3 is 0 Å². The summed E-state index contributed by atoms with van der Waals surface area (Å²) < 4.78 is 6.15. The summed E-state index contributed by atoms with van der Waals surface area (Å²) in [5.41, 5.74) is 0.120. The molecule has 1 aliphatic rings. The van der Waals surface area contributed by atoms with Crippen LogP contribution in [0.15, 0.2) is 0 Å². The van der Waals surface area contributed by atoms with Gasteiger partial charge in [0.1, 0.15) is 0 Å². The van der Waals surface area contributed by atoms with Crippen LogP contribution in [-0.2, 0) is 4.74 Å². The SMILES string of the molecule is CCC1CCC(CNC)(OC(C)C)CC1. The average molecular weight is 213 g/mol. The van der Waals surface area contributed by atoms with Crippen LogP contribution in [0.2, 0.25) is 0 Å². The smallest absolute Gasteiger partial charge is 0.0809 e. The van der Waals surface area contributed by atoms with Gasteiger partial charge < -0.3 is 10.1 Å². The highest BCUT2D eigenvalue weighted by molar-refractivity contribution is 4.89. The summed E-state index contributed by atoms with van der Waals surface area (Å²) in [5.74, 6) is 0.936. The lowest BCUT2D eigenvalue weighted by molar-refractivity contribution is -0.105. The third-order valence-electron chi connectivity index (χ3n) is 3.58. The van der Waals surface area contributed by atoms with Gasteiger partial charge in [0.2, 0.25) is 0 Å². The summed E-state index contributed by atoms with van der Waals surface area (Å²) in [7, 11) is 2.03. The zero-order chi connectivity index (χ0) is 11.3. The van der Waals surface area contributed by atoms with E-state index in [9.17, 15) is 0 Å². The Kier molecular flexibility index (Phi) is 5.07. The molecule has 0 radical (unpaired) electrons. The van der Waals surface area contributed by atoms with Crippen LogP contribution in [0.25, 0.3) is 0 Å². The second kappa shape index (κ2) is 5.86. The highest BCUT2D eigenvalue weighted by Crippen LogP contribution is 2.36. The first-order chi connectivity index (χ1) is 7.12. The third-order valence-corrected chi connectivity index (χ3v) is 3.58. The molecule has 1 fully saturated rings. The molecule has 0 aromatic heterocycles. The molecule has 1 rings (SSSR count). The van der Waals surface area contributed by atoms with Crippen molar-refractivity contribution in [3.05, 3.63) is 0 Å². The number of hydrogen-bond donors (Lipinski definition) is 1. The number of likely N-dealkylation sites (N-methyl/N-ethyl adjacent to an activating group) is 1. The maximum atomic E-state index is 6.15. The normalized spacial score (nSPS) is 32.2. The molecule has 15 heavy (non-hydrogen) atoms. The van der Waals surface area contributed by atoms with Crippen molar-refractivity contribution in [2.75, 3.05) is 13.6 Å². The van der Waals surface area contributed by atoms with Crippen LogP contribution in [-0.4, -0.2) is 25.3 Å². The second-order valence-corrected chi connectivity index (χ2v) is 5.23. The van der Waals surface area contributed by atoms with Crippen molar-refractivity contribution in [1.29, 1.82) is 0 Å². The molecule has 0 aliphatic heterocycles. The van der Waals surface area contributed by atoms with Crippen molar-refractivity contribution in [3.8, 4) is 0 Å². The van der Waals surface area contributed by atoms with Crippen LogP contribution in [0.5, 0.6) is 0 Å². The Labute approximate surface area is 94.8 Å². The van der Waals surface area contributed by atoms with Crippen molar-refractivity contribution in [2.24, 2.45) is 5.92 Å². The van der Waals surface area contributed by atoms with Gasteiger partial charge in [-0.3, -0.25) is 0 Å². The van der Waals surface area contributed by atoms with Gasteiger partial charge in [0.15, 0.2) is 0 Å². The summed E-state index contributed by atoms with van der Waals surface area (Å²) in [6, 6.07) is 0. The topological polar surface area (TPSA) is 21.3 Å². The summed E-state index contributed by atoms with van der Waals surface area (Å²) in [6.07, 6.45) is 6.80. The molecular weight excluding hydrogens is 186 g/mol. The predicted octanol–water partition coefficient (Wildman–Crippen LogP) is 2.97. The van der Waals surface area contributed by atoms with Crippen molar-refractivity contribution >= 4 is 0 Å². The maximum Gasteiger partial charge on any atom is 0.0809 e. The lowest BCUT2D eigenvalue weighted by atomic mass is 9.77. The minimum atomic E-state index is 0.120. The van der Waals surface area contributed by atoms with Gasteiger partial charge in [-0.25, -0.2) is 0 Å². The number of rotatable bonds is 5. The fourth-order valence-corrected chi connectivity index (χ4v) is 2.77. The Morgan fingerprint density at radius 1 is 1.33 bits per heavy atom. The molecule has 0 bridgehead atoms. The van der Waals surface area contributed by atoms with Crippen LogP contribution < -0.4 is 5.32 Å². The van der Waals surface area contributed by atoms with Crippen molar-refractivity contribution in [3.63, 3.8) is 0 Å². The molecule has 0 heterocycles. The van der Waals surface area contributed by atoms with E-state index in [-0.39, 0.29) is 5.60 Å². The van der Waals surface area contributed by atoms with E-state index in [1.165, 1.54) is 32.1 Å². The Hall–Kier alpha value is -0.0800. The first kappa shape index (κ1) is 13.0. The monoisotopic (exact) mass is 213 g/mol. The highest BCUT2D eigenvalue weighted by atomic mass is 16.5. The predicted molar refractivity (Wildman–Crippen MR) is 65.1 cm³/mol. The molecule has 0 spiro atoms. The zero-order valence-corrected chi connectivity index (χ0v) is 10.8. The minimum absolute atomic E-state index is 0.120. The van der Waals surface area contributed by atoms with Gasteiger partial charge in [-0.2, -0.15) is 0 Å². The number of nitrogens with one attached hydrogen (secondary N) is 1. The van der Waals surface area contributed by atoms with Crippen LogP contribution in [0.4, 0.5) is 0 Å². The van der Waals surface area contributed by atoms with E-state index in [2.05, 4.69) is 26.1 Å². The van der Waals surface area contributed by atoms with Gasteiger partial charge in [0.05, 0.1) is 11.7 Å². The maximum absolute atomic E-state index is 6.15. The Bertz CT molecular complexity index is 171. The van der Waals surface area contributed by atoms with Crippen molar-refractivity contribution < 1.29 is 4.74 Å². The van der Waals surface area contributed by atoms with Crippen LogP contribution in [0, 0.1) is 5.92 Å². The third kappa shape index (κ3) is 3.76. The molecule has 1 aliphatic carbocycles. The van der Waals surface area contributed by atoms with E-state index in [1.807, 2.05) is 7.05 Å². The summed E-state index contributed by atoms with van der Waals surface area (Å²) >= 11 is 0. The van der Waals surface area contributed by atoms with E-state index >= 15 is 0 Å². The molecule has 1 saturated carbocycles. The van der Waals surface area contributed by atoms with E-state index in [0.717, 1.165) is 12.5 Å². The second-order valence-electron chi connectivity index (χ2n) is 5.23. The first-order valence-corrected chi connectivity index (χ1v) is 6.44. The quantitative estimate of drug-likeness (QED) is 0.758. The van der Waals surface area contributed by atoms with Crippen LogP contribution >= 0.6 is 0 Å². The van der Waals surface area contributed by atoms with Crippen LogP contribution in [0.3, 0.4) is 0 Å². The lowest BCUT2D eigenvalue weighted by Gasteiger charge is -2.41. The molecular formula is C13H27NO. The molecule has 0 aromatic carbocycles. The molecule has 0 unspecified atom stereocenters. The number of ether oxygens (including phenoxy) is 1. The minimum Gasteiger partial charge on any atom is -0.371 e. The molecule has 90 valence electrons. The van der Waals surface area contributed by atoms with E-state index in [0.29, 0.717) is 6.10 Å². The Balaban J connectivity index is 2.52. The van der Waals surface area contributed by atoms with Crippen molar-refractivity contribution in [1.82, 2.24) is 5.32 Å². The van der Waals surface area contributed by atoms with Crippen molar-refractivity contribution in [2.45, 2.75) is 64.6 Å². The molecule has 0 saturated heterocycles. The van der Waals surface area contributed by atoms with E-state index in [1.54, 1.807) is 0 Å². The summed E-state index contributed by atoms with van der Waals surface area (Å²) in [6.45, 7) is 7.59. The van der Waals surface area contributed by atoms with E-state index in [4.69, 9.17) is 4.74 Å². The zero-order valence-electron chi connectivity index (χ0n) is 10.8. The van der Waals surface area contributed by atoms with Gasteiger partial charge in [-0.05, 0) is 52.5 Å². The molecule has 0 atom stereocenters. The van der Waals surface area contributed by atoms with E-state index < -0.39 is 0 Å². The summed E-state index contributed by atoms with van der Waals surface area (Å²) in [5, 5.41) is 3.29. The fourth-order valence-electron chi connectivity index (χ4n) is 2.77. The fraction of sp³-hybridized carbons (Fsp3) is 1.00. The largest absolute Gasteiger partial charge is 0.371 e. The summed E-state index contributed by atoms with van der Waals surface area (Å²) in [4.78, 5) is 0. The van der Waals surface area contributed by atoms with Gasteiger partial charge in [-0.15, -0.1) is 0 Å². The number of hydrogen-bond acceptors (Lipinski definition) is 2. The van der Waals surface area contributed by atoms with Crippen LogP contribution in [0.1, 0.15) is 52.9 Å². The first-order valence-electron chi connectivity index (χ1n) is 6.44. The van der Waals surface area contributed by atoms with Gasteiger partial charge in [-0.1, -0.05) is 13.3 Å². The molecule has 2 nitrogen and oxygen atoms in total. The average Bonchev–Trinajstić information content (AvgIpc) is 2.18. The molecule has 0 aromatic rings. The highest BCUT2D eigenvalue weighted by Gasteiger charge is 2.35. The molecule has 0 amide bonds. The van der Waals surface area contributed by atoms with Gasteiger partial charge in [0.25, 0.3) is 0 Å². The standard InChI is InChI=1S/C13H27NO/c1-5-12-6-8-13(9-7-12,10-14-4)15-11(2)3/h11-12,14H,5-10H2,1-4H3. The lowest BCUT2D eigenvalue weighted by Crippen LogP contribution is -2.46. The Morgan fingerprint density at radius 3 is 2.33 bits per heavy atom. The van der Waals surface area contributed by atoms with Gasteiger partial charge in [0, 0.05) is 6.54 Å². The molecule has 1 N–H and O–H groups in total. The Morgan fingerprint density at radius 2 is 1.93 bits per heavy atom. The molecule has 2 heteroatoms.